The van der Waals surface area contributed by atoms with Gasteiger partial charge >= 0.3 is 0 Å². The average molecular weight is 264 g/mol. The van der Waals surface area contributed by atoms with E-state index in [0.29, 0.717) is 12.0 Å². The van der Waals surface area contributed by atoms with Gasteiger partial charge in [-0.25, -0.2) is 4.39 Å². The van der Waals surface area contributed by atoms with E-state index in [1.54, 1.807) is 12.1 Å². The van der Waals surface area contributed by atoms with Crippen LogP contribution < -0.4 is 5.32 Å². The normalized spacial score (nSPS) is 17.9. The van der Waals surface area contributed by atoms with Gasteiger partial charge in [0, 0.05) is 26.1 Å². The fraction of sp³-hybridized carbons (Fsp3) is 0.533. The minimum Gasteiger partial charge on any atom is -0.341 e. The predicted octanol–water partition coefficient (Wildman–Crippen LogP) is 2.14. The van der Waals surface area contributed by atoms with Crippen molar-refractivity contribution in [3.05, 3.63) is 35.6 Å². The smallest absolute Gasteiger partial charge is 0.223 e. The number of nitrogens with zero attached hydrogens (tertiary/aromatic N) is 1. The van der Waals surface area contributed by atoms with E-state index in [0.717, 1.165) is 32.6 Å². The monoisotopic (exact) mass is 264 g/mol. The number of nitrogens with one attached hydrogen (secondary N) is 1. The molecule has 3 nitrogen and oxygen atoms in total. The zero-order chi connectivity index (χ0) is 13.7. The number of rotatable bonds is 3. The van der Waals surface area contributed by atoms with Crippen LogP contribution in [0.2, 0.25) is 0 Å². The Hall–Kier alpha value is -1.42. The second-order valence-electron chi connectivity index (χ2n) is 5.11. The molecule has 0 aliphatic carbocycles. The van der Waals surface area contributed by atoms with Gasteiger partial charge in [-0.2, -0.15) is 0 Å². The van der Waals surface area contributed by atoms with Gasteiger partial charge in [-0.3, -0.25) is 4.79 Å². The lowest BCUT2D eigenvalue weighted by atomic mass is 9.96. The molecule has 1 amide bonds. The molecule has 1 aliphatic rings. The highest BCUT2D eigenvalue weighted by Crippen LogP contribution is 2.22. The molecule has 4 heteroatoms. The fourth-order valence-electron chi connectivity index (χ4n) is 2.47. The summed E-state index contributed by atoms with van der Waals surface area (Å²) in [5.41, 5.74) is 0.629. The lowest BCUT2D eigenvalue weighted by Crippen LogP contribution is -2.34. The first kappa shape index (κ1) is 14.0. The molecule has 0 aromatic heterocycles. The number of hydrogen-bond acceptors (Lipinski definition) is 2. The topological polar surface area (TPSA) is 32.3 Å². The molecule has 1 saturated heterocycles. The van der Waals surface area contributed by atoms with Gasteiger partial charge in [0.15, 0.2) is 0 Å². The van der Waals surface area contributed by atoms with Crippen LogP contribution in [-0.4, -0.2) is 37.0 Å². The number of carbonyl (C=O) groups excluding carboxylic acids is 1. The second kappa shape index (κ2) is 6.66. The van der Waals surface area contributed by atoms with E-state index in [4.69, 9.17) is 0 Å². The van der Waals surface area contributed by atoms with Gasteiger partial charge < -0.3 is 10.2 Å². The SMILES string of the molecule is CC(CC(=O)N1CCCNCC1)c1ccccc1F. The van der Waals surface area contributed by atoms with Crippen molar-refractivity contribution in [2.75, 3.05) is 26.2 Å². The average Bonchev–Trinajstić information content (AvgIpc) is 2.68. The number of benzene rings is 1. The first-order valence-electron chi connectivity index (χ1n) is 6.91. The van der Waals surface area contributed by atoms with Crippen molar-refractivity contribution in [3.63, 3.8) is 0 Å². The maximum absolute atomic E-state index is 13.7. The van der Waals surface area contributed by atoms with E-state index in [2.05, 4.69) is 5.32 Å². The molecule has 1 aliphatic heterocycles. The van der Waals surface area contributed by atoms with Crippen LogP contribution >= 0.6 is 0 Å². The number of carbonyl (C=O) groups is 1. The van der Waals surface area contributed by atoms with E-state index in [-0.39, 0.29) is 17.6 Å². The zero-order valence-corrected chi connectivity index (χ0v) is 11.4. The molecular weight excluding hydrogens is 243 g/mol. The highest BCUT2D eigenvalue weighted by molar-refractivity contribution is 5.77. The predicted molar refractivity (Wildman–Crippen MR) is 73.5 cm³/mol. The van der Waals surface area contributed by atoms with E-state index in [1.165, 1.54) is 6.07 Å². The third kappa shape index (κ3) is 3.77. The van der Waals surface area contributed by atoms with Crippen LogP contribution in [0.1, 0.15) is 31.2 Å². The van der Waals surface area contributed by atoms with Gasteiger partial charge in [0.25, 0.3) is 0 Å². The van der Waals surface area contributed by atoms with Crippen molar-refractivity contribution < 1.29 is 9.18 Å². The Kier molecular flexibility index (Phi) is 4.91. The molecule has 1 aromatic rings. The molecule has 1 heterocycles. The maximum atomic E-state index is 13.7. The van der Waals surface area contributed by atoms with Gasteiger partial charge in [-0.15, -0.1) is 0 Å². The van der Waals surface area contributed by atoms with E-state index >= 15 is 0 Å². The summed E-state index contributed by atoms with van der Waals surface area (Å²) in [5, 5.41) is 3.27. The summed E-state index contributed by atoms with van der Waals surface area (Å²) in [7, 11) is 0. The molecule has 1 unspecified atom stereocenters. The third-order valence-corrected chi connectivity index (χ3v) is 3.61. The molecule has 0 saturated carbocycles. The van der Waals surface area contributed by atoms with Crippen molar-refractivity contribution in [2.24, 2.45) is 0 Å². The van der Waals surface area contributed by atoms with Crippen LogP contribution in [-0.2, 0) is 4.79 Å². The van der Waals surface area contributed by atoms with Gasteiger partial charge in [0.2, 0.25) is 5.91 Å². The Balaban J connectivity index is 1.96. The van der Waals surface area contributed by atoms with Crippen LogP contribution in [0.25, 0.3) is 0 Å². The van der Waals surface area contributed by atoms with Gasteiger partial charge in [-0.1, -0.05) is 25.1 Å². The summed E-state index contributed by atoms with van der Waals surface area (Å²) in [6.07, 6.45) is 1.36. The maximum Gasteiger partial charge on any atom is 0.223 e. The van der Waals surface area contributed by atoms with Crippen LogP contribution in [0.4, 0.5) is 4.39 Å². The molecular formula is C15H21FN2O. The summed E-state index contributed by atoms with van der Waals surface area (Å²) in [5.74, 6) is -0.176. The first-order chi connectivity index (χ1) is 9.18. The summed E-state index contributed by atoms with van der Waals surface area (Å²) in [6, 6.07) is 6.70. The Bertz CT molecular complexity index is 428. The number of amides is 1. The molecule has 19 heavy (non-hydrogen) atoms. The molecule has 1 N–H and O–H groups in total. The summed E-state index contributed by atoms with van der Waals surface area (Å²) < 4.78 is 13.7. The lowest BCUT2D eigenvalue weighted by molar-refractivity contribution is -0.131. The Morgan fingerprint density at radius 2 is 2.16 bits per heavy atom. The summed E-state index contributed by atoms with van der Waals surface area (Å²) >= 11 is 0. The van der Waals surface area contributed by atoms with Crippen LogP contribution in [0.5, 0.6) is 0 Å². The van der Waals surface area contributed by atoms with Gasteiger partial charge in [-0.05, 0) is 30.5 Å². The fourth-order valence-corrected chi connectivity index (χ4v) is 2.47. The minimum atomic E-state index is -0.222. The van der Waals surface area contributed by atoms with Crippen molar-refractivity contribution in [1.82, 2.24) is 10.2 Å². The standard InChI is InChI=1S/C15H21FN2O/c1-12(13-5-2-3-6-14(13)16)11-15(19)18-9-4-7-17-8-10-18/h2-3,5-6,12,17H,4,7-11H2,1H3. The van der Waals surface area contributed by atoms with Gasteiger partial charge in [0.05, 0.1) is 0 Å². The van der Waals surface area contributed by atoms with E-state index in [1.807, 2.05) is 17.9 Å². The Labute approximate surface area is 113 Å². The van der Waals surface area contributed by atoms with Crippen molar-refractivity contribution in [1.29, 1.82) is 0 Å². The first-order valence-corrected chi connectivity index (χ1v) is 6.91. The number of hydrogen-bond donors (Lipinski definition) is 1. The lowest BCUT2D eigenvalue weighted by Gasteiger charge is -2.22. The third-order valence-electron chi connectivity index (χ3n) is 3.61. The van der Waals surface area contributed by atoms with Crippen molar-refractivity contribution in [2.45, 2.75) is 25.7 Å². The van der Waals surface area contributed by atoms with Crippen LogP contribution in [0.3, 0.4) is 0 Å². The minimum absolute atomic E-state index is 0.0788. The molecule has 1 aromatic carbocycles. The molecule has 1 fully saturated rings. The summed E-state index contributed by atoms with van der Waals surface area (Å²) in [6.45, 7) is 5.28. The molecule has 0 spiro atoms. The molecule has 2 rings (SSSR count). The quantitative estimate of drug-likeness (QED) is 0.907. The highest BCUT2D eigenvalue weighted by atomic mass is 19.1. The molecule has 0 radical (unpaired) electrons. The largest absolute Gasteiger partial charge is 0.341 e. The number of halogens is 1. The molecule has 104 valence electrons. The van der Waals surface area contributed by atoms with E-state index in [9.17, 15) is 9.18 Å². The van der Waals surface area contributed by atoms with E-state index < -0.39 is 0 Å². The molecule has 0 bridgehead atoms. The highest BCUT2D eigenvalue weighted by Gasteiger charge is 2.20. The van der Waals surface area contributed by atoms with Crippen LogP contribution in [0.15, 0.2) is 24.3 Å². The Morgan fingerprint density at radius 1 is 1.37 bits per heavy atom. The van der Waals surface area contributed by atoms with Crippen molar-refractivity contribution >= 4 is 5.91 Å². The van der Waals surface area contributed by atoms with Gasteiger partial charge in [0.1, 0.15) is 5.82 Å². The molecule has 1 atom stereocenters. The van der Waals surface area contributed by atoms with Crippen molar-refractivity contribution in [3.8, 4) is 0 Å². The second-order valence-corrected chi connectivity index (χ2v) is 5.11. The van der Waals surface area contributed by atoms with Crippen LogP contribution in [0, 0.1) is 5.82 Å². The zero-order valence-electron chi connectivity index (χ0n) is 11.4. The summed E-state index contributed by atoms with van der Waals surface area (Å²) in [4.78, 5) is 14.1. The Morgan fingerprint density at radius 3 is 2.95 bits per heavy atom.